The van der Waals surface area contributed by atoms with Crippen molar-refractivity contribution in [3.8, 4) is 5.69 Å². The smallest absolute Gasteiger partial charge is 0.326 e. The summed E-state index contributed by atoms with van der Waals surface area (Å²) in [5.74, 6) is -1.82. The third-order valence-electron chi connectivity index (χ3n) is 4.46. The van der Waals surface area contributed by atoms with Gasteiger partial charge in [0.25, 0.3) is 5.91 Å². The molecule has 0 aliphatic heterocycles. The predicted molar refractivity (Wildman–Crippen MR) is 84.7 cm³/mol. The SMILES string of the molecule is CC(C(=O)O)N(C)C(=O)c1nn(-c2ccc(F)cc2)c2c1CCC2. The summed E-state index contributed by atoms with van der Waals surface area (Å²) in [5.41, 5.74) is 2.75. The van der Waals surface area contributed by atoms with Crippen LogP contribution in [0.3, 0.4) is 0 Å². The quantitative estimate of drug-likeness (QED) is 0.930. The normalized spacial score (nSPS) is 14.3. The molecule has 0 spiro atoms. The topological polar surface area (TPSA) is 75.4 Å². The van der Waals surface area contributed by atoms with Crippen molar-refractivity contribution in [1.29, 1.82) is 0 Å². The molecule has 0 saturated heterocycles. The summed E-state index contributed by atoms with van der Waals surface area (Å²) in [7, 11) is 1.46. The Bertz CT molecular complexity index is 798. The van der Waals surface area contributed by atoms with E-state index in [1.165, 1.54) is 31.0 Å². The van der Waals surface area contributed by atoms with E-state index in [0.29, 0.717) is 5.69 Å². The first-order valence-electron chi connectivity index (χ1n) is 7.77. The minimum atomic E-state index is -1.07. The van der Waals surface area contributed by atoms with E-state index in [1.807, 2.05) is 0 Å². The van der Waals surface area contributed by atoms with Crippen LogP contribution in [0.1, 0.15) is 35.1 Å². The second-order valence-corrected chi connectivity index (χ2v) is 5.95. The van der Waals surface area contributed by atoms with Crippen molar-refractivity contribution in [2.45, 2.75) is 32.2 Å². The molecule has 0 radical (unpaired) electrons. The van der Waals surface area contributed by atoms with E-state index in [0.717, 1.165) is 30.5 Å². The highest BCUT2D eigenvalue weighted by Gasteiger charge is 2.31. The van der Waals surface area contributed by atoms with Crippen LogP contribution in [0.5, 0.6) is 0 Å². The molecule has 1 aliphatic rings. The molecular formula is C17H18FN3O3. The lowest BCUT2D eigenvalue weighted by Gasteiger charge is -2.20. The van der Waals surface area contributed by atoms with E-state index < -0.39 is 17.9 Å². The highest BCUT2D eigenvalue weighted by Crippen LogP contribution is 2.28. The van der Waals surface area contributed by atoms with Gasteiger partial charge in [0.1, 0.15) is 11.9 Å². The monoisotopic (exact) mass is 331 g/mol. The lowest BCUT2D eigenvalue weighted by Crippen LogP contribution is -2.40. The number of likely N-dealkylation sites (N-methyl/N-ethyl adjacent to an activating group) is 1. The molecule has 1 heterocycles. The fourth-order valence-electron chi connectivity index (χ4n) is 2.91. The summed E-state index contributed by atoms with van der Waals surface area (Å²) >= 11 is 0. The van der Waals surface area contributed by atoms with Crippen LogP contribution in [-0.4, -0.2) is 44.8 Å². The Morgan fingerprint density at radius 1 is 1.29 bits per heavy atom. The number of hydrogen-bond donors (Lipinski definition) is 1. The van der Waals surface area contributed by atoms with Gasteiger partial charge in [-0.3, -0.25) is 4.79 Å². The second-order valence-electron chi connectivity index (χ2n) is 5.95. The molecule has 0 fully saturated rings. The van der Waals surface area contributed by atoms with Crippen LogP contribution in [0.25, 0.3) is 5.69 Å². The van der Waals surface area contributed by atoms with Crippen LogP contribution >= 0.6 is 0 Å². The zero-order chi connectivity index (χ0) is 17.4. The molecule has 1 aromatic heterocycles. The first-order valence-corrected chi connectivity index (χ1v) is 7.77. The molecule has 1 aromatic carbocycles. The molecule has 1 unspecified atom stereocenters. The fourth-order valence-corrected chi connectivity index (χ4v) is 2.91. The molecule has 0 bridgehead atoms. The Morgan fingerprint density at radius 2 is 1.96 bits per heavy atom. The number of aromatic nitrogens is 2. The van der Waals surface area contributed by atoms with Gasteiger partial charge in [-0.2, -0.15) is 5.10 Å². The molecule has 7 heteroatoms. The van der Waals surface area contributed by atoms with Crippen LogP contribution in [0.2, 0.25) is 0 Å². The van der Waals surface area contributed by atoms with Crippen molar-refractivity contribution < 1.29 is 19.1 Å². The third kappa shape index (κ3) is 2.66. The zero-order valence-electron chi connectivity index (χ0n) is 13.5. The number of benzene rings is 1. The highest BCUT2D eigenvalue weighted by molar-refractivity contribution is 5.96. The molecule has 0 saturated carbocycles. The number of aliphatic carboxylic acids is 1. The minimum Gasteiger partial charge on any atom is -0.480 e. The van der Waals surface area contributed by atoms with Crippen molar-refractivity contribution in [3.05, 3.63) is 47.0 Å². The van der Waals surface area contributed by atoms with Gasteiger partial charge in [0, 0.05) is 18.3 Å². The zero-order valence-corrected chi connectivity index (χ0v) is 13.5. The maximum atomic E-state index is 13.1. The van der Waals surface area contributed by atoms with Crippen molar-refractivity contribution in [1.82, 2.24) is 14.7 Å². The number of carbonyl (C=O) groups is 2. The summed E-state index contributed by atoms with van der Waals surface area (Å²) in [6, 6.07) is 4.97. The number of carboxylic acids is 1. The number of carbonyl (C=O) groups excluding carboxylic acids is 1. The Morgan fingerprint density at radius 3 is 2.58 bits per heavy atom. The number of amides is 1. The lowest BCUT2D eigenvalue weighted by molar-refractivity contribution is -0.141. The van der Waals surface area contributed by atoms with Gasteiger partial charge in [0.05, 0.1) is 5.69 Å². The number of fused-ring (bicyclic) bond motifs is 1. The molecule has 1 amide bonds. The fraction of sp³-hybridized carbons (Fsp3) is 0.353. The Hall–Kier alpha value is -2.70. The number of carboxylic acid groups (broad SMARTS) is 1. The molecular weight excluding hydrogens is 313 g/mol. The Labute approximate surface area is 138 Å². The summed E-state index contributed by atoms with van der Waals surface area (Å²) in [6.45, 7) is 1.46. The van der Waals surface area contributed by atoms with E-state index in [1.54, 1.807) is 16.8 Å². The number of nitrogens with zero attached hydrogens (tertiary/aromatic N) is 3. The van der Waals surface area contributed by atoms with Gasteiger partial charge in [-0.05, 0) is 50.5 Å². The van der Waals surface area contributed by atoms with Crippen LogP contribution in [0.4, 0.5) is 4.39 Å². The van der Waals surface area contributed by atoms with Gasteiger partial charge in [0.15, 0.2) is 5.69 Å². The summed E-state index contributed by atoms with van der Waals surface area (Å²) in [5, 5.41) is 13.5. The van der Waals surface area contributed by atoms with Crippen LogP contribution in [-0.2, 0) is 17.6 Å². The van der Waals surface area contributed by atoms with Crippen LogP contribution in [0.15, 0.2) is 24.3 Å². The van der Waals surface area contributed by atoms with Gasteiger partial charge < -0.3 is 10.0 Å². The molecule has 3 rings (SSSR count). The second kappa shape index (κ2) is 6.07. The summed E-state index contributed by atoms with van der Waals surface area (Å²) in [4.78, 5) is 25.0. The summed E-state index contributed by atoms with van der Waals surface area (Å²) in [6.07, 6.45) is 2.42. The van der Waals surface area contributed by atoms with Crippen molar-refractivity contribution in [3.63, 3.8) is 0 Å². The van der Waals surface area contributed by atoms with Crippen LogP contribution in [0, 0.1) is 5.82 Å². The van der Waals surface area contributed by atoms with E-state index in [4.69, 9.17) is 5.11 Å². The standard InChI is InChI=1S/C17H18FN3O3/c1-10(17(23)24)20(2)16(22)15-13-4-3-5-14(13)21(19-15)12-8-6-11(18)7-9-12/h6-10H,3-5H2,1-2H3,(H,23,24). The molecule has 2 aromatic rings. The molecule has 1 N–H and O–H groups in total. The Balaban J connectivity index is 2.01. The van der Waals surface area contributed by atoms with Crippen molar-refractivity contribution >= 4 is 11.9 Å². The van der Waals surface area contributed by atoms with Crippen LogP contribution < -0.4 is 0 Å². The predicted octanol–water partition coefficient (Wildman–Crippen LogP) is 2.05. The van der Waals surface area contributed by atoms with E-state index >= 15 is 0 Å². The molecule has 1 aliphatic carbocycles. The maximum Gasteiger partial charge on any atom is 0.326 e. The molecule has 1 atom stereocenters. The lowest BCUT2D eigenvalue weighted by atomic mass is 10.1. The molecule has 126 valence electrons. The summed E-state index contributed by atoms with van der Waals surface area (Å²) < 4.78 is 14.8. The number of hydrogen-bond acceptors (Lipinski definition) is 3. The van der Waals surface area contributed by atoms with Crippen molar-refractivity contribution in [2.24, 2.45) is 0 Å². The van der Waals surface area contributed by atoms with Gasteiger partial charge in [-0.1, -0.05) is 0 Å². The average Bonchev–Trinajstić information content (AvgIpc) is 3.16. The van der Waals surface area contributed by atoms with Crippen molar-refractivity contribution in [2.75, 3.05) is 7.05 Å². The molecule has 6 nitrogen and oxygen atoms in total. The first-order chi connectivity index (χ1) is 11.4. The largest absolute Gasteiger partial charge is 0.480 e. The average molecular weight is 331 g/mol. The van der Waals surface area contributed by atoms with Gasteiger partial charge in [0.2, 0.25) is 0 Å². The first kappa shape index (κ1) is 16.2. The highest BCUT2D eigenvalue weighted by atomic mass is 19.1. The third-order valence-corrected chi connectivity index (χ3v) is 4.46. The van der Waals surface area contributed by atoms with Gasteiger partial charge >= 0.3 is 5.97 Å². The minimum absolute atomic E-state index is 0.280. The van der Waals surface area contributed by atoms with E-state index in [9.17, 15) is 14.0 Å². The Kier molecular flexibility index (Phi) is 4.09. The van der Waals surface area contributed by atoms with Gasteiger partial charge in [-0.15, -0.1) is 0 Å². The van der Waals surface area contributed by atoms with E-state index in [-0.39, 0.29) is 11.5 Å². The van der Waals surface area contributed by atoms with E-state index in [2.05, 4.69) is 5.10 Å². The molecule has 24 heavy (non-hydrogen) atoms. The maximum absolute atomic E-state index is 13.1. The van der Waals surface area contributed by atoms with Gasteiger partial charge in [-0.25, -0.2) is 13.9 Å². The number of rotatable bonds is 4. The number of halogens is 1.